The number of anilines is 2. The van der Waals surface area contributed by atoms with Gasteiger partial charge in [0, 0.05) is 22.0 Å². The zero-order valence-corrected chi connectivity index (χ0v) is 14.0. The van der Waals surface area contributed by atoms with Gasteiger partial charge in [-0.05, 0) is 47.7 Å². The van der Waals surface area contributed by atoms with Crippen molar-refractivity contribution in [3.8, 4) is 11.4 Å². The molecule has 2 N–H and O–H groups in total. The number of benzene rings is 2. The van der Waals surface area contributed by atoms with Crippen LogP contribution in [0, 0.1) is 0 Å². The van der Waals surface area contributed by atoms with Crippen molar-refractivity contribution < 1.29 is 18.3 Å². The molecule has 0 bridgehead atoms. The maximum Gasteiger partial charge on any atom is 0.416 e. The van der Waals surface area contributed by atoms with Crippen LogP contribution in [0.3, 0.4) is 0 Å². The van der Waals surface area contributed by atoms with Gasteiger partial charge in [-0.3, -0.25) is 0 Å². The van der Waals surface area contributed by atoms with Gasteiger partial charge in [0.15, 0.2) is 0 Å². The summed E-state index contributed by atoms with van der Waals surface area (Å²) in [7, 11) is 0. The molecule has 0 atom stereocenters. The van der Waals surface area contributed by atoms with Gasteiger partial charge in [0.2, 0.25) is 5.82 Å². The molecule has 0 amide bonds. The Morgan fingerprint density at radius 2 is 1.85 bits per heavy atom. The fourth-order valence-corrected chi connectivity index (χ4v) is 2.42. The fraction of sp³-hybridized carbons (Fsp3) is 0.188. The predicted molar refractivity (Wildman–Crippen MR) is 90.1 cm³/mol. The highest BCUT2D eigenvalue weighted by Crippen LogP contribution is 2.33. The molecule has 6 nitrogen and oxygen atoms in total. The average Bonchev–Trinajstić information content (AvgIpc) is 3.05. The summed E-state index contributed by atoms with van der Waals surface area (Å²) >= 11 is 6.03. The molecule has 1 heterocycles. The number of tetrazole rings is 1. The van der Waals surface area contributed by atoms with E-state index in [4.69, 9.17) is 16.7 Å². The number of hydrogen-bond acceptors (Lipinski definition) is 5. The van der Waals surface area contributed by atoms with Gasteiger partial charge in [-0.2, -0.15) is 18.0 Å². The molecule has 3 aromatic rings. The maximum absolute atomic E-state index is 12.7. The summed E-state index contributed by atoms with van der Waals surface area (Å²) in [5.41, 5.74) is 0.816. The van der Waals surface area contributed by atoms with Crippen molar-refractivity contribution in [2.75, 3.05) is 11.9 Å². The molecule has 0 fully saturated rings. The summed E-state index contributed by atoms with van der Waals surface area (Å²) in [5.74, 6) is 0.273. The number of rotatable bonds is 5. The van der Waals surface area contributed by atoms with Gasteiger partial charge < -0.3 is 10.4 Å². The summed E-state index contributed by atoms with van der Waals surface area (Å²) < 4.78 is 38.0. The summed E-state index contributed by atoms with van der Waals surface area (Å²) in [6.07, 6.45) is -4.39. The highest BCUT2D eigenvalue weighted by molar-refractivity contribution is 6.31. The van der Waals surface area contributed by atoms with Gasteiger partial charge in [0.25, 0.3) is 0 Å². The van der Waals surface area contributed by atoms with Gasteiger partial charge >= 0.3 is 6.18 Å². The van der Waals surface area contributed by atoms with Crippen LogP contribution in [0.25, 0.3) is 11.4 Å². The van der Waals surface area contributed by atoms with Gasteiger partial charge in [0.1, 0.15) is 0 Å². The molecular weight excluding hydrogens is 371 g/mol. The third-order valence-electron chi connectivity index (χ3n) is 3.47. The second-order valence-corrected chi connectivity index (χ2v) is 5.76. The molecule has 2 aromatic carbocycles. The van der Waals surface area contributed by atoms with Crippen LogP contribution in [-0.2, 0) is 12.7 Å². The molecule has 0 saturated heterocycles. The number of nitrogens with one attached hydrogen (secondary N) is 1. The number of halogens is 4. The van der Waals surface area contributed by atoms with E-state index >= 15 is 0 Å². The van der Waals surface area contributed by atoms with Crippen LogP contribution in [0.4, 0.5) is 24.5 Å². The normalized spacial score (nSPS) is 11.6. The van der Waals surface area contributed by atoms with Crippen molar-refractivity contribution in [3.05, 3.63) is 53.1 Å². The van der Waals surface area contributed by atoms with Crippen LogP contribution in [0.15, 0.2) is 42.5 Å². The Bertz CT molecular complexity index is 896. The number of hydrogen-bond donors (Lipinski definition) is 2. The van der Waals surface area contributed by atoms with E-state index in [9.17, 15) is 13.2 Å². The van der Waals surface area contributed by atoms with E-state index in [0.717, 1.165) is 12.1 Å². The molecule has 1 aromatic heterocycles. The Morgan fingerprint density at radius 1 is 1.12 bits per heavy atom. The minimum absolute atomic E-state index is 0.137. The summed E-state index contributed by atoms with van der Waals surface area (Å²) in [6.45, 7) is 0.0528. The van der Waals surface area contributed by atoms with Gasteiger partial charge in [-0.1, -0.05) is 11.6 Å². The molecule has 136 valence electrons. The molecule has 0 radical (unpaired) electrons. The van der Waals surface area contributed by atoms with Crippen LogP contribution < -0.4 is 5.32 Å². The molecule has 0 unspecified atom stereocenters. The first kappa shape index (κ1) is 18.2. The van der Waals surface area contributed by atoms with Gasteiger partial charge in [-0.25, -0.2) is 0 Å². The molecule has 26 heavy (non-hydrogen) atoms. The smallest absolute Gasteiger partial charge is 0.394 e. The molecular formula is C16H13ClF3N5O. The molecule has 0 aliphatic heterocycles. The van der Waals surface area contributed by atoms with Crippen LogP contribution in [0.2, 0.25) is 5.02 Å². The van der Waals surface area contributed by atoms with E-state index in [1.165, 1.54) is 16.9 Å². The first-order valence-corrected chi connectivity index (χ1v) is 7.87. The highest BCUT2D eigenvalue weighted by Gasteiger charge is 2.29. The first-order chi connectivity index (χ1) is 12.4. The molecule has 0 aliphatic rings. The third-order valence-corrected chi connectivity index (χ3v) is 3.70. The Balaban J connectivity index is 1.90. The van der Waals surface area contributed by atoms with E-state index in [1.54, 1.807) is 18.2 Å². The van der Waals surface area contributed by atoms with E-state index < -0.39 is 11.7 Å². The third kappa shape index (κ3) is 4.12. The van der Waals surface area contributed by atoms with Crippen LogP contribution >= 0.6 is 11.6 Å². The second-order valence-electron chi connectivity index (χ2n) is 5.32. The number of aliphatic hydroxyl groups is 1. The summed E-state index contributed by atoms with van der Waals surface area (Å²) in [6, 6.07) is 9.57. The van der Waals surface area contributed by atoms with Crippen molar-refractivity contribution in [1.29, 1.82) is 0 Å². The van der Waals surface area contributed by atoms with E-state index in [-0.39, 0.29) is 19.0 Å². The lowest BCUT2D eigenvalue weighted by Gasteiger charge is -2.12. The van der Waals surface area contributed by atoms with Crippen LogP contribution in [0.5, 0.6) is 0 Å². The average molecular weight is 384 g/mol. The van der Waals surface area contributed by atoms with Crippen LogP contribution in [-0.4, -0.2) is 31.9 Å². The Labute approximate surface area is 151 Å². The van der Waals surface area contributed by atoms with E-state index in [1.807, 2.05) is 0 Å². The topological polar surface area (TPSA) is 75.9 Å². The monoisotopic (exact) mass is 383 g/mol. The Morgan fingerprint density at radius 3 is 2.50 bits per heavy atom. The van der Waals surface area contributed by atoms with Crippen molar-refractivity contribution in [2.24, 2.45) is 0 Å². The maximum atomic E-state index is 12.7. The quantitative estimate of drug-likeness (QED) is 0.701. The second kappa shape index (κ2) is 7.30. The van der Waals surface area contributed by atoms with Crippen molar-refractivity contribution in [3.63, 3.8) is 0 Å². The van der Waals surface area contributed by atoms with Crippen LogP contribution in [0.1, 0.15) is 5.56 Å². The minimum Gasteiger partial charge on any atom is -0.394 e. The minimum atomic E-state index is -4.39. The van der Waals surface area contributed by atoms with Crippen molar-refractivity contribution >= 4 is 23.0 Å². The molecule has 0 saturated carbocycles. The lowest BCUT2D eigenvalue weighted by molar-refractivity contribution is -0.137. The lowest BCUT2D eigenvalue weighted by Crippen LogP contribution is -2.05. The first-order valence-electron chi connectivity index (χ1n) is 7.49. The number of aliphatic hydroxyl groups excluding tert-OH is 1. The molecule has 3 rings (SSSR count). The van der Waals surface area contributed by atoms with E-state index in [2.05, 4.69) is 20.7 Å². The SMILES string of the molecule is OCCn1nnc(-c2cc(Cl)ccc2Nc2ccc(C(F)(F)F)cc2)n1. The zero-order chi connectivity index (χ0) is 18.7. The fourth-order valence-electron chi connectivity index (χ4n) is 2.24. The van der Waals surface area contributed by atoms with Gasteiger partial charge in [0.05, 0.1) is 18.7 Å². The van der Waals surface area contributed by atoms with Crippen molar-refractivity contribution in [2.45, 2.75) is 12.7 Å². The summed E-state index contributed by atoms with van der Waals surface area (Å²) in [5, 5.41) is 24.3. The zero-order valence-electron chi connectivity index (χ0n) is 13.2. The Kier molecular flexibility index (Phi) is 5.10. The summed E-state index contributed by atoms with van der Waals surface area (Å²) in [4.78, 5) is 1.23. The molecule has 0 spiro atoms. The highest BCUT2D eigenvalue weighted by atomic mass is 35.5. The Hall–Kier alpha value is -2.65. The molecule has 10 heteroatoms. The lowest BCUT2D eigenvalue weighted by atomic mass is 10.1. The number of nitrogens with zero attached hydrogens (tertiary/aromatic N) is 4. The van der Waals surface area contributed by atoms with Crippen molar-refractivity contribution in [1.82, 2.24) is 20.2 Å². The number of alkyl halides is 3. The number of aromatic nitrogens is 4. The standard InChI is InChI=1S/C16H13ClF3N5O/c17-11-3-6-14(13(9-11)15-22-24-25(23-15)7-8-26)21-12-4-1-10(2-5-12)16(18,19)20/h1-6,9,21,26H,7-8H2. The van der Waals surface area contributed by atoms with E-state index in [0.29, 0.717) is 22.0 Å². The molecule has 0 aliphatic carbocycles. The van der Waals surface area contributed by atoms with Gasteiger partial charge in [-0.15, -0.1) is 10.2 Å². The predicted octanol–water partition coefficient (Wildman–Crippen LogP) is 3.75. The largest absolute Gasteiger partial charge is 0.416 e.